The molecule has 1 unspecified atom stereocenters. The van der Waals surface area contributed by atoms with Gasteiger partial charge >= 0.3 is 0 Å². The molecule has 0 aliphatic carbocycles. The van der Waals surface area contributed by atoms with Gasteiger partial charge in [-0.2, -0.15) is 0 Å². The summed E-state index contributed by atoms with van der Waals surface area (Å²) in [5.74, 6) is 0.616. The lowest BCUT2D eigenvalue weighted by molar-refractivity contribution is -0.122. The molecule has 0 saturated heterocycles. The van der Waals surface area contributed by atoms with E-state index in [0.717, 1.165) is 13.0 Å². The van der Waals surface area contributed by atoms with Crippen molar-refractivity contribution in [2.24, 2.45) is 5.92 Å². The third-order valence-corrected chi connectivity index (χ3v) is 1.78. The van der Waals surface area contributed by atoms with Gasteiger partial charge in [-0.3, -0.25) is 4.79 Å². The summed E-state index contributed by atoms with van der Waals surface area (Å²) in [6, 6.07) is 0. The van der Waals surface area contributed by atoms with E-state index in [2.05, 4.69) is 5.32 Å². The maximum Gasteiger partial charge on any atom is 0.136 e. The minimum absolute atomic E-state index is 0.244. The second kappa shape index (κ2) is 5.42. The van der Waals surface area contributed by atoms with Crippen LogP contribution in [0.15, 0.2) is 0 Å². The first-order valence-electron chi connectivity index (χ1n) is 3.89. The fourth-order valence-corrected chi connectivity index (χ4v) is 0.722. The van der Waals surface area contributed by atoms with Crippen LogP contribution in [0.25, 0.3) is 0 Å². The molecular weight excluding hydrogens is 126 g/mol. The van der Waals surface area contributed by atoms with Gasteiger partial charge in [-0.15, -0.1) is 0 Å². The molecule has 2 nitrogen and oxygen atoms in total. The number of hydrogen-bond donors (Lipinski definition) is 1. The number of rotatable bonds is 5. The summed E-state index contributed by atoms with van der Waals surface area (Å²) >= 11 is 0. The zero-order valence-electron chi connectivity index (χ0n) is 7.11. The Morgan fingerprint density at radius 3 is 2.60 bits per heavy atom. The monoisotopic (exact) mass is 143 g/mol. The van der Waals surface area contributed by atoms with E-state index in [1.165, 1.54) is 0 Å². The van der Waals surface area contributed by atoms with E-state index in [-0.39, 0.29) is 5.92 Å². The Morgan fingerprint density at radius 2 is 2.20 bits per heavy atom. The third kappa shape index (κ3) is 3.62. The van der Waals surface area contributed by atoms with Gasteiger partial charge in [0.1, 0.15) is 5.78 Å². The van der Waals surface area contributed by atoms with E-state index in [0.29, 0.717) is 12.2 Å². The van der Waals surface area contributed by atoms with E-state index in [9.17, 15) is 4.79 Å². The minimum atomic E-state index is 0.244. The van der Waals surface area contributed by atoms with Gasteiger partial charge in [0.05, 0.1) is 0 Å². The molecule has 60 valence electrons. The molecule has 0 radical (unpaired) electrons. The average Bonchev–Trinajstić information content (AvgIpc) is 1.98. The molecule has 0 spiro atoms. The van der Waals surface area contributed by atoms with Crippen LogP contribution in [0.5, 0.6) is 0 Å². The van der Waals surface area contributed by atoms with Crippen molar-refractivity contribution in [2.75, 3.05) is 13.6 Å². The van der Waals surface area contributed by atoms with Crippen LogP contribution in [-0.4, -0.2) is 19.4 Å². The van der Waals surface area contributed by atoms with Crippen LogP contribution in [0.2, 0.25) is 0 Å². The van der Waals surface area contributed by atoms with Crippen LogP contribution >= 0.6 is 0 Å². The molecule has 0 fully saturated rings. The molecule has 1 atom stereocenters. The van der Waals surface area contributed by atoms with E-state index in [1.807, 2.05) is 20.9 Å². The number of carbonyl (C=O) groups excluding carboxylic acids is 1. The van der Waals surface area contributed by atoms with Crippen molar-refractivity contribution in [1.82, 2.24) is 5.32 Å². The average molecular weight is 143 g/mol. The molecule has 0 amide bonds. The Morgan fingerprint density at radius 1 is 1.60 bits per heavy atom. The lowest BCUT2D eigenvalue weighted by Gasteiger charge is -2.05. The lowest BCUT2D eigenvalue weighted by atomic mass is 10.0. The predicted molar refractivity (Wildman–Crippen MR) is 43.0 cm³/mol. The molecular formula is C8H17NO. The maximum absolute atomic E-state index is 11.1. The van der Waals surface area contributed by atoms with Crippen LogP contribution in [0.1, 0.15) is 26.7 Å². The highest BCUT2D eigenvalue weighted by atomic mass is 16.1. The van der Waals surface area contributed by atoms with Crippen LogP contribution < -0.4 is 5.32 Å². The number of nitrogens with one attached hydrogen (secondary N) is 1. The molecule has 2 heteroatoms. The Bertz CT molecular complexity index is 101. The first-order chi connectivity index (χ1) is 4.72. The highest BCUT2D eigenvalue weighted by molar-refractivity contribution is 5.80. The Kier molecular flexibility index (Phi) is 5.22. The summed E-state index contributed by atoms with van der Waals surface area (Å²) in [5.41, 5.74) is 0. The fraction of sp³-hybridized carbons (Fsp3) is 0.875. The topological polar surface area (TPSA) is 29.1 Å². The smallest absolute Gasteiger partial charge is 0.136 e. The van der Waals surface area contributed by atoms with E-state index >= 15 is 0 Å². The largest absolute Gasteiger partial charge is 0.319 e. The lowest BCUT2D eigenvalue weighted by Crippen LogP contribution is -2.17. The van der Waals surface area contributed by atoms with Crippen LogP contribution in [0.4, 0.5) is 0 Å². The van der Waals surface area contributed by atoms with Crippen LogP contribution in [-0.2, 0) is 4.79 Å². The van der Waals surface area contributed by atoms with E-state index in [4.69, 9.17) is 0 Å². The van der Waals surface area contributed by atoms with Crippen molar-refractivity contribution < 1.29 is 4.79 Å². The quantitative estimate of drug-likeness (QED) is 0.626. The van der Waals surface area contributed by atoms with Crippen LogP contribution in [0.3, 0.4) is 0 Å². The summed E-state index contributed by atoms with van der Waals surface area (Å²) in [4.78, 5) is 11.1. The summed E-state index contributed by atoms with van der Waals surface area (Å²) in [6.45, 7) is 4.84. The van der Waals surface area contributed by atoms with E-state index in [1.54, 1.807) is 0 Å². The number of ketones is 1. The van der Waals surface area contributed by atoms with Gasteiger partial charge in [-0.1, -0.05) is 13.8 Å². The summed E-state index contributed by atoms with van der Waals surface area (Å²) < 4.78 is 0. The van der Waals surface area contributed by atoms with Gasteiger partial charge in [-0.05, 0) is 13.5 Å². The van der Waals surface area contributed by atoms with Gasteiger partial charge in [0.25, 0.3) is 0 Å². The second-order valence-corrected chi connectivity index (χ2v) is 2.63. The van der Waals surface area contributed by atoms with Gasteiger partial charge in [0, 0.05) is 18.9 Å². The fourth-order valence-electron chi connectivity index (χ4n) is 0.722. The van der Waals surface area contributed by atoms with Crippen molar-refractivity contribution in [1.29, 1.82) is 0 Å². The van der Waals surface area contributed by atoms with Crippen molar-refractivity contribution in [2.45, 2.75) is 26.7 Å². The summed E-state index contributed by atoms with van der Waals surface area (Å²) in [6.07, 6.45) is 1.63. The third-order valence-electron chi connectivity index (χ3n) is 1.78. The standard InChI is InChI=1S/C8H17NO/c1-4-7(2)8(10)5-6-9-3/h7,9H,4-6H2,1-3H3. The molecule has 0 bridgehead atoms. The normalized spacial score (nSPS) is 13.1. The van der Waals surface area contributed by atoms with Crippen molar-refractivity contribution in [3.63, 3.8) is 0 Å². The van der Waals surface area contributed by atoms with Gasteiger partial charge in [-0.25, -0.2) is 0 Å². The molecule has 0 aromatic rings. The van der Waals surface area contributed by atoms with Crippen molar-refractivity contribution in [3.05, 3.63) is 0 Å². The Balaban J connectivity index is 3.42. The zero-order valence-corrected chi connectivity index (χ0v) is 7.11. The molecule has 0 aromatic heterocycles. The molecule has 0 saturated carbocycles. The molecule has 0 aliphatic rings. The summed E-state index contributed by atoms with van der Waals surface area (Å²) in [7, 11) is 1.86. The van der Waals surface area contributed by atoms with Gasteiger partial charge in [0.2, 0.25) is 0 Å². The second-order valence-electron chi connectivity index (χ2n) is 2.63. The van der Waals surface area contributed by atoms with Crippen molar-refractivity contribution >= 4 is 5.78 Å². The first kappa shape index (κ1) is 9.63. The molecule has 1 N–H and O–H groups in total. The zero-order chi connectivity index (χ0) is 7.98. The Hall–Kier alpha value is -0.370. The number of Topliss-reactive ketones (excluding diaryl/α,β-unsaturated/α-hetero) is 1. The predicted octanol–water partition coefficient (Wildman–Crippen LogP) is 1.21. The number of hydrogen-bond acceptors (Lipinski definition) is 2. The maximum atomic E-state index is 11.1. The van der Waals surface area contributed by atoms with Gasteiger partial charge in [0.15, 0.2) is 0 Å². The number of carbonyl (C=O) groups is 1. The molecule has 0 aliphatic heterocycles. The molecule has 0 aromatic carbocycles. The molecule has 0 rings (SSSR count). The van der Waals surface area contributed by atoms with Crippen molar-refractivity contribution in [3.8, 4) is 0 Å². The van der Waals surface area contributed by atoms with Crippen LogP contribution in [0, 0.1) is 5.92 Å². The first-order valence-corrected chi connectivity index (χ1v) is 3.89. The molecule has 0 heterocycles. The Labute approximate surface area is 63.0 Å². The SMILES string of the molecule is CCC(C)C(=O)CCNC. The highest BCUT2D eigenvalue weighted by Crippen LogP contribution is 2.03. The highest BCUT2D eigenvalue weighted by Gasteiger charge is 2.08. The minimum Gasteiger partial charge on any atom is -0.319 e. The van der Waals surface area contributed by atoms with Gasteiger partial charge < -0.3 is 5.32 Å². The molecule has 10 heavy (non-hydrogen) atoms. The van der Waals surface area contributed by atoms with E-state index < -0.39 is 0 Å². The summed E-state index contributed by atoms with van der Waals surface area (Å²) in [5, 5.41) is 2.96.